The van der Waals surface area contributed by atoms with Crippen molar-refractivity contribution >= 4 is 5.69 Å². The van der Waals surface area contributed by atoms with Gasteiger partial charge in [-0.3, -0.25) is 4.98 Å². The first kappa shape index (κ1) is 10.4. The third kappa shape index (κ3) is 1.69. The predicted molar refractivity (Wildman–Crippen MR) is 57.3 cm³/mol. The van der Waals surface area contributed by atoms with Crippen molar-refractivity contribution in [2.45, 2.75) is 19.3 Å². The molecule has 1 aliphatic rings. The van der Waals surface area contributed by atoms with Crippen LogP contribution in [0, 0.1) is 10.4 Å². The quantitative estimate of drug-likeness (QED) is 0.547. The lowest BCUT2D eigenvalue weighted by molar-refractivity contribution is 0.399. The third-order valence-electron chi connectivity index (χ3n) is 2.68. The Morgan fingerprint density at radius 1 is 1.40 bits per heavy atom. The van der Waals surface area contributed by atoms with Crippen molar-refractivity contribution in [3.63, 3.8) is 0 Å². The van der Waals surface area contributed by atoms with Crippen LogP contribution in [0.15, 0.2) is 6.20 Å². The second kappa shape index (κ2) is 3.44. The van der Waals surface area contributed by atoms with Crippen molar-refractivity contribution in [2.24, 2.45) is 0 Å². The van der Waals surface area contributed by atoms with Gasteiger partial charge in [0.05, 0.1) is 20.4 Å². The molecule has 0 atom stereocenters. The molecule has 0 aromatic carbocycles. The molecular weight excluding hydrogens is 196 g/mol. The highest BCUT2D eigenvalue weighted by atomic mass is 16.8. The number of pyridine rings is 1. The molecule has 5 nitrogen and oxygen atoms in total. The van der Waals surface area contributed by atoms with E-state index in [1.165, 1.54) is 13.3 Å². The number of hydrogen-bond acceptors (Lipinski definition) is 4. The van der Waals surface area contributed by atoms with Crippen molar-refractivity contribution < 1.29 is 4.74 Å². The van der Waals surface area contributed by atoms with E-state index in [1.54, 1.807) is 0 Å². The normalized spacial score (nSPS) is 15.2. The Morgan fingerprint density at radius 2 is 2.13 bits per heavy atom. The van der Waals surface area contributed by atoms with Crippen LogP contribution in [0.3, 0.4) is 0 Å². The van der Waals surface area contributed by atoms with Gasteiger partial charge >= 0.3 is 0 Å². The predicted octanol–water partition coefficient (Wildman–Crippen LogP) is 1.51. The van der Waals surface area contributed by atoms with Crippen molar-refractivity contribution in [3.05, 3.63) is 27.9 Å². The fourth-order valence-electron chi connectivity index (χ4n) is 1.98. The molecule has 1 aliphatic carbocycles. The van der Waals surface area contributed by atoms with Gasteiger partial charge in [-0.1, -0.05) is 0 Å². The van der Waals surface area contributed by atoms with Crippen LogP contribution < -0.4 is 9.55 Å². The number of aryl methyl sites for hydroxylation is 1. The molecule has 1 heterocycles. The topological polar surface area (TPSA) is 68.2 Å². The molecule has 2 rings (SSSR count). The minimum Gasteiger partial charge on any atom is -0.626 e. The average Bonchev–Trinajstić information content (AvgIpc) is 2.61. The summed E-state index contributed by atoms with van der Waals surface area (Å²) in [7, 11) is 2.51. The van der Waals surface area contributed by atoms with E-state index in [4.69, 9.17) is 4.74 Å². The van der Waals surface area contributed by atoms with Crippen LogP contribution in [0.1, 0.15) is 17.7 Å². The molecule has 0 saturated heterocycles. The lowest BCUT2D eigenvalue weighted by Crippen LogP contribution is -2.30. The maximum atomic E-state index is 11.3. The van der Waals surface area contributed by atoms with Crippen LogP contribution >= 0.6 is 0 Å². The van der Waals surface area contributed by atoms with Gasteiger partial charge in [0.2, 0.25) is 0 Å². The maximum absolute atomic E-state index is 11.3. The molecule has 0 unspecified atom stereocenters. The highest BCUT2D eigenvalue weighted by Gasteiger charge is 2.23. The van der Waals surface area contributed by atoms with E-state index in [0.29, 0.717) is 5.75 Å². The number of hydroxylamine groups is 2. The molecule has 0 amide bonds. The SMILES string of the molecule is COc1c([N+](C)([O-])[O-])cnc2c1CCC2. The number of nitrogens with zero attached hydrogens (tertiary/aromatic N) is 2. The lowest BCUT2D eigenvalue weighted by atomic mass is 10.2. The highest BCUT2D eigenvalue weighted by Crippen LogP contribution is 2.38. The minimum atomic E-state index is -1.75. The standard InChI is InChI=1S/C10H13N2O3/c1-12(13,14)9-6-11-8-5-3-4-7(8)10(9)15-2/h6H,3-5H2,1-2H3/q-1. The smallest absolute Gasteiger partial charge is 0.193 e. The Bertz CT molecular complexity index is 385. The second-order valence-corrected chi connectivity index (χ2v) is 3.80. The summed E-state index contributed by atoms with van der Waals surface area (Å²) >= 11 is 0. The van der Waals surface area contributed by atoms with E-state index in [0.717, 1.165) is 37.6 Å². The second-order valence-electron chi connectivity index (χ2n) is 3.80. The number of aromatic nitrogens is 1. The summed E-state index contributed by atoms with van der Waals surface area (Å²) in [5.74, 6) is 0.421. The first-order valence-corrected chi connectivity index (χ1v) is 4.88. The molecule has 5 heteroatoms. The largest absolute Gasteiger partial charge is 0.626 e. The van der Waals surface area contributed by atoms with Gasteiger partial charge in [0.25, 0.3) is 0 Å². The number of hydrogen-bond donors (Lipinski definition) is 0. The van der Waals surface area contributed by atoms with Gasteiger partial charge in [-0.2, -0.15) is 0 Å². The first-order chi connectivity index (χ1) is 7.04. The summed E-state index contributed by atoms with van der Waals surface area (Å²) in [4.78, 5) is 2.39. The molecule has 82 valence electrons. The van der Waals surface area contributed by atoms with Gasteiger partial charge in [0.1, 0.15) is 0 Å². The number of quaternary nitrogens is 1. The molecule has 0 spiro atoms. The van der Waals surface area contributed by atoms with E-state index in [1.807, 2.05) is 0 Å². The molecule has 0 fully saturated rings. The molecular formula is C10H13N2O3-. The van der Waals surface area contributed by atoms with Gasteiger partial charge < -0.3 is 20.0 Å². The van der Waals surface area contributed by atoms with Crippen molar-refractivity contribution in [1.29, 1.82) is 0 Å². The summed E-state index contributed by atoms with van der Waals surface area (Å²) in [5.41, 5.74) is 1.92. The third-order valence-corrected chi connectivity index (χ3v) is 2.68. The number of ether oxygens (including phenoxy) is 1. The Morgan fingerprint density at radius 3 is 2.73 bits per heavy atom. The van der Waals surface area contributed by atoms with Crippen LogP contribution in [-0.4, -0.2) is 19.1 Å². The zero-order valence-corrected chi connectivity index (χ0v) is 8.82. The Hall–Kier alpha value is -1.17. The molecule has 15 heavy (non-hydrogen) atoms. The lowest BCUT2D eigenvalue weighted by Gasteiger charge is -2.42. The van der Waals surface area contributed by atoms with Crippen LogP contribution in [-0.2, 0) is 12.8 Å². The van der Waals surface area contributed by atoms with Gasteiger partial charge in [0.15, 0.2) is 11.4 Å². The number of rotatable bonds is 2. The minimum absolute atomic E-state index is 0.0538. The number of methoxy groups -OCH3 is 1. The van der Waals surface area contributed by atoms with Crippen LogP contribution in [0.5, 0.6) is 5.75 Å². The number of fused-ring (bicyclic) bond motifs is 1. The summed E-state index contributed by atoms with van der Waals surface area (Å²) in [6.45, 7) is 0. The van der Waals surface area contributed by atoms with Crippen LogP contribution in [0.25, 0.3) is 0 Å². The maximum Gasteiger partial charge on any atom is 0.193 e. The molecule has 0 aliphatic heterocycles. The zero-order chi connectivity index (χ0) is 11.1. The van der Waals surface area contributed by atoms with E-state index >= 15 is 0 Å². The molecule has 0 saturated carbocycles. The first-order valence-electron chi connectivity index (χ1n) is 4.88. The molecule has 1 aromatic heterocycles. The van der Waals surface area contributed by atoms with Crippen LogP contribution in [0.2, 0.25) is 0 Å². The van der Waals surface area contributed by atoms with E-state index in [-0.39, 0.29) is 5.69 Å². The monoisotopic (exact) mass is 209 g/mol. The van der Waals surface area contributed by atoms with Crippen LogP contribution in [0.4, 0.5) is 5.69 Å². The van der Waals surface area contributed by atoms with E-state index in [9.17, 15) is 10.4 Å². The van der Waals surface area contributed by atoms with Gasteiger partial charge in [-0.25, -0.2) is 0 Å². The summed E-state index contributed by atoms with van der Waals surface area (Å²) in [6.07, 6.45) is 4.07. The molecule has 0 N–H and O–H groups in total. The van der Waals surface area contributed by atoms with Crippen molar-refractivity contribution in [3.8, 4) is 5.75 Å². The summed E-state index contributed by atoms with van der Waals surface area (Å²) in [5, 5.41) is 22.7. The summed E-state index contributed by atoms with van der Waals surface area (Å²) in [6, 6.07) is 0. The molecule has 0 radical (unpaired) electrons. The van der Waals surface area contributed by atoms with Crippen molar-refractivity contribution in [1.82, 2.24) is 9.79 Å². The van der Waals surface area contributed by atoms with Gasteiger partial charge in [-0.05, 0) is 19.3 Å². The van der Waals surface area contributed by atoms with Crippen molar-refractivity contribution in [2.75, 3.05) is 14.2 Å². The highest BCUT2D eigenvalue weighted by molar-refractivity contribution is 5.60. The summed E-state index contributed by atoms with van der Waals surface area (Å²) < 4.78 is 5.16. The Kier molecular flexibility index (Phi) is 2.38. The fraction of sp³-hybridized carbons (Fsp3) is 0.500. The molecule has 1 aromatic rings. The van der Waals surface area contributed by atoms with Gasteiger partial charge in [0, 0.05) is 11.3 Å². The average molecular weight is 209 g/mol. The molecule has 0 bridgehead atoms. The van der Waals surface area contributed by atoms with E-state index in [2.05, 4.69) is 4.98 Å². The van der Waals surface area contributed by atoms with Gasteiger partial charge in [-0.15, -0.1) is 0 Å². The Labute approximate surface area is 88.0 Å². The Balaban J connectivity index is 2.58. The van der Waals surface area contributed by atoms with E-state index < -0.39 is 4.81 Å². The zero-order valence-electron chi connectivity index (χ0n) is 8.82. The fourth-order valence-corrected chi connectivity index (χ4v) is 1.98.